The average molecular weight is 430 g/mol. The Bertz CT molecular complexity index is 1330. The molecule has 1 heterocycles. The first kappa shape index (κ1) is 20.9. The number of nitrogens with zero attached hydrogens (tertiary/aromatic N) is 3. The van der Waals surface area contributed by atoms with Crippen LogP contribution in [0.15, 0.2) is 76.6 Å². The van der Waals surface area contributed by atoms with Crippen LogP contribution in [0.1, 0.15) is 5.56 Å². The predicted octanol–water partition coefficient (Wildman–Crippen LogP) is 3.86. The van der Waals surface area contributed by atoms with Gasteiger partial charge in [-0.1, -0.05) is 30.3 Å². The summed E-state index contributed by atoms with van der Waals surface area (Å²) in [4.78, 5) is 17.8. The fourth-order valence-electron chi connectivity index (χ4n) is 3.41. The van der Waals surface area contributed by atoms with Crippen molar-refractivity contribution in [1.29, 1.82) is 0 Å². The number of hydrogen-bond donors (Lipinski definition) is 1. The summed E-state index contributed by atoms with van der Waals surface area (Å²) in [5, 5.41) is 4.83. The van der Waals surface area contributed by atoms with Crippen LogP contribution < -0.4 is 25.2 Å². The first-order valence-corrected chi connectivity index (χ1v) is 9.83. The van der Waals surface area contributed by atoms with Gasteiger partial charge in [-0.25, -0.2) is 15.0 Å². The number of fused-ring (bicyclic) bond motifs is 1. The predicted molar refractivity (Wildman–Crippen MR) is 125 cm³/mol. The minimum Gasteiger partial charge on any atom is -0.493 e. The monoisotopic (exact) mass is 430 g/mol. The molecule has 0 fully saturated rings. The number of methoxy groups -OCH3 is 3. The Morgan fingerprint density at radius 1 is 0.875 bits per heavy atom. The fourth-order valence-corrected chi connectivity index (χ4v) is 3.41. The molecule has 1 N–H and O–H groups in total. The normalized spacial score (nSPS) is 11.0. The van der Waals surface area contributed by atoms with E-state index in [2.05, 4.69) is 15.5 Å². The maximum Gasteiger partial charge on any atom is 0.267 e. The van der Waals surface area contributed by atoms with Crippen molar-refractivity contribution in [3.05, 3.63) is 82.6 Å². The van der Waals surface area contributed by atoms with Gasteiger partial charge in [0.15, 0.2) is 11.5 Å². The van der Waals surface area contributed by atoms with Crippen LogP contribution in [0.5, 0.6) is 17.2 Å². The third kappa shape index (κ3) is 3.85. The van der Waals surface area contributed by atoms with Gasteiger partial charge in [-0.2, -0.15) is 5.10 Å². The first-order chi connectivity index (χ1) is 15.7. The molecule has 162 valence electrons. The highest BCUT2D eigenvalue weighted by Crippen LogP contribution is 2.39. The lowest BCUT2D eigenvalue weighted by molar-refractivity contribution is 0.324. The van der Waals surface area contributed by atoms with Crippen molar-refractivity contribution in [3.63, 3.8) is 0 Å². The maximum absolute atomic E-state index is 13.2. The van der Waals surface area contributed by atoms with E-state index in [0.717, 1.165) is 0 Å². The van der Waals surface area contributed by atoms with Gasteiger partial charge in [0.25, 0.3) is 5.56 Å². The highest BCUT2D eigenvalue weighted by Gasteiger charge is 2.15. The van der Waals surface area contributed by atoms with Gasteiger partial charge in [-0.3, -0.25) is 4.79 Å². The van der Waals surface area contributed by atoms with Gasteiger partial charge < -0.3 is 14.2 Å². The van der Waals surface area contributed by atoms with E-state index in [1.807, 2.05) is 42.5 Å². The molecule has 1 aromatic heterocycles. The summed E-state index contributed by atoms with van der Waals surface area (Å²) in [6, 6.07) is 20.0. The largest absolute Gasteiger partial charge is 0.493 e. The third-order valence-electron chi connectivity index (χ3n) is 4.89. The van der Waals surface area contributed by atoms with Crippen molar-refractivity contribution in [3.8, 4) is 22.9 Å². The SMILES string of the molecule is COc1ccc(/C=N/Nc2nc3ccccc3c(=O)n2-c2ccccc2)c(OC)c1OC. The molecule has 0 aliphatic rings. The summed E-state index contributed by atoms with van der Waals surface area (Å²) in [6.45, 7) is 0. The van der Waals surface area contributed by atoms with Crippen molar-refractivity contribution in [2.75, 3.05) is 26.8 Å². The average Bonchev–Trinajstić information content (AvgIpc) is 2.84. The summed E-state index contributed by atoms with van der Waals surface area (Å²) < 4.78 is 17.7. The van der Waals surface area contributed by atoms with E-state index in [9.17, 15) is 4.79 Å². The molecule has 0 amide bonds. The van der Waals surface area contributed by atoms with Crippen LogP contribution in [-0.2, 0) is 0 Å². The molecule has 8 nitrogen and oxygen atoms in total. The standard InChI is InChI=1S/C24H22N4O4/c1-30-20-14-13-16(21(31-2)22(20)32-3)15-25-27-24-26-19-12-8-7-11-18(19)23(29)28(24)17-9-5-4-6-10-17/h4-15H,1-3H3,(H,26,27)/b25-15+. The highest BCUT2D eigenvalue weighted by atomic mass is 16.5. The van der Waals surface area contributed by atoms with Crippen LogP contribution >= 0.6 is 0 Å². The number of benzene rings is 3. The van der Waals surface area contributed by atoms with E-state index in [0.29, 0.717) is 39.4 Å². The van der Waals surface area contributed by atoms with Gasteiger partial charge in [0.1, 0.15) is 0 Å². The zero-order valence-electron chi connectivity index (χ0n) is 17.9. The summed E-state index contributed by atoms with van der Waals surface area (Å²) in [5.74, 6) is 1.77. The van der Waals surface area contributed by atoms with E-state index >= 15 is 0 Å². The van der Waals surface area contributed by atoms with Crippen molar-refractivity contribution in [2.24, 2.45) is 5.10 Å². The van der Waals surface area contributed by atoms with E-state index in [-0.39, 0.29) is 11.5 Å². The molecule has 0 radical (unpaired) electrons. The summed E-state index contributed by atoms with van der Waals surface area (Å²) in [6.07, 6.45) is 1.57. The zero-order chi connectivity index (χ0) is 22.5. The number of ether oxygens (including phenoxy) is 3. The Balaban J connectivity index is 1.77. The molecule has 0 saturated heterocycles. The smallest absolute Gasteiger partial charge is 0.267 e. The second-order valence-corrected chi connectivity index (χ2v) is 6.72. The number of rotatable bonds is 7. The number of aromatic nitrogens is 2. The van der Waals surface area contributed by atoms with Crippen LogP contribution in [-0.4, -0.2) is 37.1 Å². The highest BCUT2D eigenvalue weighted by molar-refractivity contribution is 5.86. The molecule has 0 bridgehead atoms. The second-order valence-electron chi connectivity index (χ2n) is 6.72. The molecular weight excluding hydrogens is 408 g/mol. The third-order valence-corrected chi connectivity index (χ3v) is 4.89. The number of hydrazone groups is 1. The Morgan fingerprint density at radius 3 is 2.31 bits per heavy atom. The quantitative estimate of drug-likeness (QED) is 0.354. The lowest BCUT2D eigenvalue weighted by Crippen LogP contribution is -2.22. The lowest BCUT2D eigenvalue weighted by atomic mass is 10.2. The van der Waals surface area contributed by atoms with Gasteiger partial charge in [0.2, 0.25) is 11.7 Å². The molecule has 0 spiro atoms. The van der Waals surface area contributed by atoms with Crippen LogP contribution in [0.3, 0.4) is 0 Å². The molecule has 3 aromatic carbocycles. The topological polar surface area (TPSA) is 87.0 Å². The van der Waals surface area contributed by atoms with Gasteiger partial charge >= 0.3 is 0 Å². The van der Waals surface area contributed by atoms with E-state index in [1.54, 1.807) is 44.7 Å². The van der Waals surface area contributed by atoms with Crippen LogP contribution in [0.2, 0.25) is 0 Å². The van der Waals surface area contributed by atoms with Gasteiger partial charge in [0, 0.05) is 5.56 Å². The van der Waals surface area contributed by atoms with Gasteiger partial charge in [-0.05, 0) is 36.4 Å². The number of para-hydroxylation sites is 2. The summed E-state index contributed by atoms with van der Waals surface area (Å²) >= 11 is 0. The molecule has 4 aromatic rings. The number of hydrogen-bond acceptors (Lipinski definition) is 7. The van der Waals surface area contributed by atoms with Crippen LogP contribution in [0.25, 0.3) is 16.6 Å². The van der Waals surface area contributed by atoms with Crippen molar-refractivity contribution in [2.45, 2.75) is 0 Å². The summed E-state index contributed by atoms with van der Waals surface area (Å²) in [5.41, 5.74) is 4.63. The molecule has 32 heavy (non-hydrogen) atoms. The Morgan fingerprint density at radius 2 is 1.59 bits per heavy atom. The second kappa shape index (κ2) is 9.22. The Kier molecular flexibility index (Phi) is 6.03. The molecule has 0 saturated carbocycles. The van der Waals surface area contributed by atoms with E-state index < -0.39 is 0 Å². The van der Waals surface area contributed by atoms with E-state index in [4.69, 9.17) is 14.2 Å². The fraction of sp³-hybridized carbons (Fsp3) is 0.125. The van der Waals surface area contributed by atoms with Crippen LogP contribution in [0.4, 0.5) is 5.95 Å². The van der Waals surface area contributed by atoms with Gasteiger partial charge in [0.05, 0.1) is 44.1 Å². The zero-order valence-corrected chi connectivity index (χ0v) is 17.9. The number of nitrogens with one attached hydrogen (secondary N) is 1. The minimum atomic E-state index is -0.191. The molecule has 0 aliphatic carbocycles. The van der Waals surface area contributed by atoms with Crippen molar-refractivity contribution in [1.82, 2.24) is 9.55 Å². The number of anilines is 1. The molecular formula is C24H22N4O4. The molecule has 0 atom stereocenters. The molecule has 0 aliphatic heterocycles. The van der Waals surface area contributed by atoms with Crippen molar-refractivity contribution >= 4 is 23.1 Å². The Hall–Kier alpha value is -4.33. The van der Waals surface area contributed by atoms with Crippen LogP contribution in [0, 0.1) is 0 Å². The van der Waals surface area contributed by atoms with Crippen molar-refractivity contribution < 1.29 is 14.2 Å². The summed E-state index contributed by atoms with van der Waals surface area (Å²) in [7, 11) is 4.64. The first-order valence-electron chi connectivity index (χ1n) is 9.83. The Labute approximate surface area is 184 Å². The molecule has 4 rings (SSSR count). The maximum atomic E-state index is 13.2. The molecule has 0 unspecified atom stereocenters. The van der Waals surface area contributed by atoms with E-state index in [1.165, 1.54) is 11.7 Å². The minimum absolute atomic E-state index is 0.191. The molecule has 8 heteroatoms. The van der Waals surface area contributed by atoms with Gasteiger partial charge in [-0.15, -0.1) is 0 Å². The lowest BCUT2D eigenvalue weighted by Gasteiger charge is -2.14.